The van der Waals surface area contributed by atoms with Crippen LogP contribution in [0.4, 0.5) is 16.6 Å². The van der Waals surface area contributed by atoms with E-state index >= 15 is 0 Å². The number of anilines is 3. The molecule has 9 heteroatoms. The van der Waals surface area contributed by atoms with Crippen molar-refractivity contribution in [2.24, 2.45) is 0 Å². The number of carbonyl (C=O) groups is 1. The van der Waals surface area contributed by atoms with Gasteiger partial charge in [0.05, 0.1) is 0 Å². The maximum absolute atomic E-state index is 13.0. The van der Waals surface area contributed by atoms with Gasteiger partial charge in [0, 0.05) is 17.8 Å². The molecule has 2 heterocycles. The predicted octanol–water partition coefficient (Wildman–Crippen LogP) is 3.41. The van der Waals surface area contributed by atoms with E-state index < -0.39 is 0 Å². The Bertz CT molecular complexity index is 1070. The maximum Gasteiger partial charge on any atom is 0.206 e. The van der Waals surface area contributed by atoms with Crippen molar-refractivity contribution in [1.29, 1.82) is 0 Å². The fourth-order valence-electron chi connectivity index (χ4n) is 2.97. The number of nitrogens with two attached hydrogens (primary N) is 1. The summed E-state index contributed by atoms with van der Waals surface area (Å²) in [6.45, 7) is 2.42. The number of fused-ring (bicyclic) bond motifs is 1. The minimum atomic E-state index is -0.204. The van der Waals surface area contributed by atoms with Crippen molar-refractivity contribution < 1.29 is 19.0 Å². The van der Waals surface area contributed by atoms with Gasteiger partial charge in [0.1, 0.15) is 36.3 Å². The number of nitrogen functional groups attached to an aromatic ring is 1. The van der Waals surface area contributed by atoms with Gasteiger partial charge in [-0.25, -0.2) is 4.98 Å². The predicted molar refractivity (Wildman–Crippen MR) is 121 cm³/mol. The van der Waals surface area contributed by atoms with Gasteiger partial charge in [0.15, 0.2) is 16.6 Å². The summed E-state index contributed by atoms with van der Waals surface area (Å²) in [4.78, 5) is 19.7. The lowest BCUT2D eigenvalue weighted by Crippen LogP contribution is -2.19. The summed E-state index contributed by atoms with van der Waals surface area (Å²) in [5, 5.41) is 3.73. The van der Waals surface area contributed by atoms with Gasteiger partial charge in [0.25, 0.3) is 0 Å². The first-order valence-electron chi connectivity index (χ1n) is 9.85. The van der Waals surface area contributed by atoms with Crippen LogP contribution in [0.2, 0.25) is 0 Å². The second-order valence-electron chi connectivity index (χ2n) is 7.22. The number of nitrogens with zero attached hydrogens (tertiary/aromatic N) is 2. The van der Waals surface area contributed by atoms with Crippen molar-refractivity contribution >= 4 is 33.8 Å². The first-order valence-corrected chi connectivity index (χ1v) is 10.7. The summed E-state index contributed by atoms with van der Waals surface area (Å²) >= 11 is 1.21. The Morgan fingerprint density at radius 3 is 2.65 bits per heavy atom. The zero-order valence-electron chi connectivity index (χ0n) is 17.4. The van der Waals surface area contributed by atoms with Crippen LogP contribution in [-0.4, -0.2) is 56.1 Å². The first kappa shape index (κ1) is 21.0. The van der Waals surface area contributed by atoms with E-state index in [1.165, 1.54) is 11.3 Å². The van der Waals surface area contributed by atoms with Crippen molar-refractivity contribution in [2.45, 2.75) is 0 Å². The lowest BCUT2D eigenvalue weighted by Gasteiger charge is -2.18. The molecule has 8 nitrogen and oxygen atoms in total. The van der Waals surface area contributed by atoms with Gasteiger partial charge in [-0.15, -0.1) is 0 Å². The van der Waals surface area contributed by atoms with E-state index in [1.54, 1.807) is 18.2 Å². The Morgan fingerprint density at radius 1 is 1.16 bits per heavy atom. The quantitative estimate of drug-likeness (QED) is 0.514. The van der Waals surface area contributed by atoms with Crippen LogP contribution in [0.15, 0.2) is 42.5 Å². The molecule has 0 spiro atoms. The molecule has 0 aliphatic carbocycles. The molecule has 0 saturated carbocycles. The average molecular weight is 441 g/mol. The summed E-state index contributed by atoms with van der Waals surface area (Å²) in [6, 6.07) is 12.7. The second kappa shape index (κ2) is 9.23. The maximum atomic E-state index is 13.0. The monoisotopic (exact) mass is 440 g/mol. The minimum Gasteiger partial charge on any atom is -0.492 e. The molecule has 1 aliphatic rings. The fraction of sp³-hybridized carbons (Fsp3) is 0.273. The number of hydrogen-bond donors (Lipinski definition) is 2. The van der Waals surface area contributed by atoms with Gasteiger partial charge in [0.2, 0.25) is 5.78 Å². The highest BCUT2D eigenvalue weighted by Gasteiger charge is 2.21. The molecule has 162 valence electrons. The van der Waals surface area contributed by atoms with Crippen LogP contribution in [0.25, 0.3) is 0 Å². The van der Waals surface area contributed by atoms with Gasteiger partial charge >= 0.3 is 0 Å². The highest BCUT2D eigenvalue weighted by atomic mass is 32.1. The van der Waals surface area contributed by atoms with E-state index in [0.717, 1.165) is 18.0 Å². The van der Waals surface area contributed by atoms with Gasteiger partial charge in [-0.3, -0.25) is 4.79 Å². The number of rotatable bonds is 8. The molecule has 31 heavy (non-hydrogen) atoms. The second-order valence-corrected chi connectivity index (χ2v) is 8.22. The number of ketones is 1. The number of likely N-dealkylation sites (N-methyl/N-ethyl adjacent to an activating group) is 1. The third-order valence-corrected chi connectivity index (χ3v) is 5.56. The Labute approximate surface area is 184 Å². The largest absolute Gasteiger partial charge is 0.492 e. The number of ether oxygens (including phenoxy) is 3. The molecule has 1 aromatic heterocycles. The van der Waals surface area contributed by atoms with Crippen LogP contribution in [-0.2, 0) is 0 Å². The van der Waals surface area contributed by atoms with Gasteiger partial charge in [-0.2, -0.15) is 0 Å². The van der Waals surface area contributed by atoms with Crippen LogP contribution >= 0.6 is 11.3 Å². The lowest BCUT2D eigenvalue weighted by atomic mass is 10.1. The molecule has 0 unspecified atom stereocenters. The van der Waals surface area contributed by atoms with Crippen molar-refractivity contribution in [2.75, 3.05) is 51.5 Å². The van der Waals surface area contributed by atoms with Crippen LogP contribution < -0.4 is 25.3 Å². The first-order chi connectivity index (χ1) is 15.0. The summed E-state index contributed by atoms with van der Waals surface area (Å²) in [7, 11) is 4.01. The van der Waals surface area contributed by atoms with E-state index in [-0.39, 0.29) is 11.6 Å². The van der Waals surface area contributed by atoms with E-state index in [2.05, 4.69) is 15.2 Å². The average Bonchev–Trinajstić information content (AvgIpc) is 3.13. The third-order valence-electron chi connectivity index (χ3n) is 4.58. The van der Waals surface area contributed by atoms with Crippen molar-refractivity contribution in [1.82, 2.24) is 9.88 Å². The standard InChI is InChI=1S/C22H24N4O4S/c1-26(2)9-10-28-16-6-4-15(5-7-16)24-22-25-21(23)20(31-22)19(27)14-3-8-17-18(13-14)30-12-11-29-17/h3-8,13H,9-12,23H2,1-2H3,(H,24,25). The number of thiazole rings is 1. The van der Waals surface area contributed by atoms with E-state index in [4.69, 9.17) is 19.9 Å². The fourth-order valence-corrected chi connectivity index (χ4v) is 3.83. The highest BCUT2D eigenvalue weighted by molar-refractivity contribution is 7.18. The number of aromatic nitrogens is 1. The van der Waals surface area contributed by atoms with Gasteiger partial charge in [-0.1, -0.05) is 11.3 Å². The minimum absolute atomic E-state index is 0.191. The number of benzene rings is 2. The smallest absolute Gasteiger partial charge is 0.206 e. The molecule has 3 N–H and O–H groups in total. The summed E-state index contributed by atoms with van der Waals surface area (Å²) in [6.07, 6.45) is 0. The Kier molecular flexibility index (Phi) is 6.24. The number of hydrogen-bond acceptors (Lipinski definition) is 9. The molecule has 0 radical (unpaired) electrons. The zero-order valence-corrected chi connectivity index (χ0v) is 18.2. The Hall–Kier alpha value is -3.30. The van der Waals surface area contributed by atoms with E-state index in [1.807, 2.05) is 38.4 Å². The normalized spacial score (nSPS) is 12.6. The van der Waals surface area contributed by atoms with Crippen molar-refractivity contribution in [3.8, 4) is 17.2 Å². The molecule has 0 fully saturated rings. The summed E-state index contributed by atoms with van der Waals surface area (Å²) < 4.78 is 16.8. The van der Waals surface area contributed by atoms with Crippen molar-refractivity contribution in [3.63, 3.8) is 0 Å². The van der Waals surface area contributed by atoms with E-state index in [0.29, 0.717) is 46.9 Å². The highest BCUT2D eigenvalue weighted by Crippen LogP contribution is 2.34. The molecule has 2 aromatic carbocycles. The van der Waals surface area contributed by atoms with Crippen LogP contribution in [0, 0.1) is 0 Å². The van der Waals surface area contributed by atoms with Crippen LogP contribution in [0.5, 0.6) is 17.2 Å². The topological polar surface area (TPSA) is 98.9 Å². The SMILES string of the molecule is CN(C)CCOc1ccc(Nc2nc(N)c(C(=O)c3ccc4c(c3)OCCO4)s2)cc1. The van der Waals surface area contributed by atoms with Gasteiger partial charge < -0.3 is 30.2 Å². The Morgan fingerprint density at radius 2 is 1.90 bits per heavy atom. The number of nitrogens with one attached hydrogen (secondary N) is 1. The molecule has 0 saturated heterocycles. The molecule has 1 aliphatic heterocycles. The molecular formula is C22H24N4O4S. The number of carbonyl (C=O) groups excluding carboxylic acids is 1. The van der Waals surface area contributed by atoms with E-state index in [9.17, 15) is 4.79 Å². The summed E-state index contributed by atoms with van der Waals surface area (Å²) in [5.41, 5.74) is 7.34. The van der Waals surface area contributed by atoms with Crippen LogP contribution in [0.1, 0.15) is 15.2 Å². The molecule has 0 amide bonds. The van der Waals surface area contributed by atoms with Crippen molar-refractivity contribution in [3.05, 3.63) is 52.9 Å². The van der Waals surface area contributed by atoms with Gasteiger partial charge in [-0.05, 0) is 56.6 Å². The molecular weight excluding hydrogens is 416 g/mol. The third kappa shape index (κ3) is 5.07. The molecule has 4 rings (SSSR count). The summed E-state index contributed by atoms with van der Waals surface area (Å²) in [5.74, 6) is 1.98. The lowest BCUT2D eigenvalue weighted by molar-refractivity contribution is 0.104. The van der Waals surface area contributed by atoms with Crippen LogP contribution in [0.3, 0.4) is 0 Å². The molecule has 3 aromatic rings. The molecule has 0 bridgehead atoms. The Balaban J connectivity index is 1.43. The molecule has 0 atom stereocenters. The zero-order chi connectivity index (χ0) is 21.8.